The van der Waals surface area contributed by atoms with E-state index >= 15 is 0 Å². The number of carbonyl (C=O) groups excluding carboxylic acids is 1. The van der Waals surface area contributed by atoms with Gasteiger partial charge in [-0.25, -0.2) is 0 Å². The predicted molar refractivity (Wildman–Crippen MR) is 89.6 cm³/mol. The van der Waals surface area contributed by atoms with Crippen molar-refractivity contribution in [1.29, 1.82) is 0 Å². The van der Waals surface area contributed by atoms with Crippen molar-refractivity contribution in [2.45, 2.75) is 18.9 Å². The number of rotatable bonds is 7. The minimum absolute atomic E-state index is 0.0181. The number of para-hydroxylation sites is 1. The lowest BCUT2D eigenvalue weighted by atomic mass is 10.1. The molecule has 6 nitrogen and oxygen atoms in total. The number of hydrogen-bond donors (Lipinski definition) is 1. The highest BCUT2D eigenvalue weighted by atomic mass is 16.5. The molecule has 0 unspecified atom stereocenters. The molecule has 1 aromatic heterocycles. The third kappa shape index (κ3) is 3.43. The monoisotopic (exact) mass is 329 g/mol. The summed E-state index contributed by atoms with van der Waals surface area (Å²) in [7, 11) is 3.50. The molecule has 1 heterocycles. The molecule has 1 amide bonds. The first-order valence-electron chi connectivity index (χ1n) is 8.14. The summed E-state index contributed by atoms with van der Waals surface area (Å²) in [6.07, 6.45) is 4.64. The van der Waals surface area contributed by atoms with Gasteiger partial charge in [-0.05, 0) is 24.0 Å². The van der Waals surface area contributed by atoms with Crippen molar-refractivity contribution < 1.29 is 14.6 Å². The van der Waals surface area contributed by atoms with Gasteiger partial charge in [0, 0.05) is 37.8 Å². The number of aliphatic hydroxyl groups is 1. The van der Waals surface area contributed by atoms with Crippen molar-refractivity contribution in [3.63, 3.8) is 0 Å². The zero-order valence-electron chi connectivity index (χ0n) is 14.1. The molecule has 0 aliphatic heterocycles. The molecular weight excluding hydrogens is 306 g/mol. The molecule has 1 saturated carbocycles. The first kappa shape index (κ1) is 16.5. The van der Waals surface area contributed by atoms with Crippen LogP contribution in [0.15, 0.2) is 36.7 Å². The van der Waals surface area contributed by atoms with Gasteiger partial charge in [-0.15, -0.1) is 0 Å². The van der Waals surface area contributed by atoms with Gasteiger partial charge in [0.2, 0.25) is 5.91 Å². The molecule has 0 bridgehead atoms. The van der Waals surface area contributed by atoms with Crippen molar-refractivity contribution in [3.05, 3.63) is 47.8 Å². The standard InChI is InChI=1S/C18H23N3O3/c1-20-11-14(10-19-20)15-9-16(15)18(23)21(7-8-22)12-13-5-3-4-6-17(13)24-2/h3-6,10-11,15-16,22H,7-9,12H2,1-2H3/t15-,16+/m0/s1. The first-order valence-corrected chi connectivity index (χ1v) is 8.14. The fraction of sp³-hybridized carbons (Fsp3) is 0.444. The van der Waals surface area contributed by atoms with Gasteiger partial charge in [-0.1, -0.05) is 18.2 Å². The summed E-state index contributed by atoms with van der Waals surface area (Å²) in [5.74, 6) is 1.07. The highest BCUT2D eigenvalue weighted by molar-refractivity contribution is 5.83. The van der Waals surface area contributed by atoms with Crippen molar-refractivity contribution in [3.8, 4) is 5.75 Å². The van der Waals surface area contributed by atoms with Gasteiger partial charge in [0.25, 0.3) is 0 Å². The number of nitrogens with zero attached hydrogens (tertiary/aromatic N) is 3. The molecule has 0 saturated heterocycles. The molecule has 1 aliphatic rings. The van der Waals surface area contributed by atoms with E-state index in [0.29, 0.717) is 13.1 Å². The highest BCUT2D eigenvalue weighted by Gasteiger charge is 2.46. The maximum absolute atomic E-state index is 12.8. The molecule has 3 rings (SSSR count). The molecule has 1 aromatic carbocycles. The Hall–Kier alpha value is -2.34. The van der Waals surface area contributed by atoms with Crippen LogP contribution in [0.2, 0.25) is 0 Å². The van der Waals surface area contributed by atoms with Crippen LogP contribution >= 0.6 is 0 Å². The summed E-state index contributed by atoms with van der Waals surface area (Å²) in [6, 6.07) is 7.66. The zero-order valence-corrected chi connectivity index (χ0v) is 14.1. The van der Waals surface area contributed by atoms with Crippen molar-refractivity contribution >= 4 is 5.91 Å². The molecule has 2 aromatic rings. The van der Waals surface area contributed by atoms with Crippen molar-refractivity contribution in [1.82, 2.24) is 14.7 Å². The lowest BCUT2D eigenvalue weighted by Gasteiger charge is -2.23. The Morgan fingerprint density at radius 2 is 2.25 bits per heavy atom. The average molecular weight is 329 g/mol. The average Bonchev–Trinajstić information content (AvgIpc) is 3.28. The van der Waals surface area contributed by atoms with Crippen LogP contribution < -0.4 is 4.74 Å². The van der Waals surface area contributed by atoms with Crippen LogP contribution in [0, 0.1) is 5.92 Å². The van der Waals surface area contributed by atoms with E-state index in [9.17, 15) is 9.90 Å². The van der Waals surface area contributed by atoms with E-state index in [2.05, 4.69) is 5.10 Å². The van der Waals surface area contributed by atoms with E-state index in [0.717, 1.165) is 23.3 Å². The van der Waals surface area contributed by atoms with Gasteiger partial charge in [0.1, 0.15) is 5.75 Å². The largest absolute Gasteiger partial charge is 0.496 e. The van der Waals surface area contributed by atoms with Crippen LogP contribution in [-0.2, 0) is 18.4 Å². The minimum Gasteiger partial charge on any atom is -0.496 e. The molecule has 24 heavy (non-hydrogen) atoms. The third-order valence-electron chi connectivity index (χ3n) is 4.50. The Labute approximate surface area is 141 Å². The maximum atomic E-state index is 12.8. The number of aromatic nitrogens is 2. The molecule has 128 valence electrons. The lowest BCUT2D eigenvalue weighted by Crippen LogP contribution is -2.34. The number of methoxy groups -OCH3 is 1. The Bertz CT molecular complexity index is 713. The van der Waals surface area contributed by atoms with Crippen LogP contribution in [-0.4, -0.2) is 46.0 Å². The van der Waals surface area contributed by atoms with Gasteiger partial charge in [0.05, 0.1) is 19.9 Å². The van der Waals surface area contributed by atoms with E-state index in [-0.39, 0.29) is 24.3 Å². The molecule has 1 fully saturated rings. The molecule has 6 heteroatoms. The summed E-state index contributed by atoms with van der Waals surface area (Å²) in [6.45, 7) is 0.720. The van der Waals surface area contributed by atoms with E-state index < -0.39 is 0 Å². The molecule has 1 aliphatic carbocycles. The Balaban J connectivity index is 1.70. The second-order valence-corrected chi connectivity index (χ2v) is 6.19. The quantitative estimate of drug-likeness (QED) is 0.837. The molecule has 2 atom stereocenters. The Morgan fingerprint density at radius 1 is 1.46 bits per heavy atom. The summed E-state index contributed by atoms with van der Waals surface area (Å²) in [5, 5.41) is 13.5. The summed E-state index contributed by atoms with van der Waals surface area (Å²) in [4.78, 5) is 14.6. The minimum atomic E-state index is -0.0504. The number of carbonyl (C=O) groups is 1. The van der Waals surface area contributed by atoms with Crippen LogP contribution in [0.25, 0.3) is 0 Å². The highest BCUT2D eigenvalue weighted by Crippen LogP contribution is 2.48. The lowest BCUT2D eigenvalue weighted by molar-refractivity contribution is -0.133. The van der Waals surface area contributed by atoms with Gasteiger partial charge in [-0.2, -0.15) is 5.10 Å². The SMILES string of the molecule is COc1ccccc1CN(CCO)C(=O)[C@@H]1C[C@H]1c1cnn(C)c1. The number of benzene rings is 1. The smallest absolute Gasteiger partial charge is 0.226 e. The van der Waals surface area contributed by atoms with Gasteiger partial charge in [-0.3, -0.25) is 9.48 Å². The molecular formula is C18H23N3O3. The van der Waals surface area contributed by atoms with E-state index in [1.54, 1.807) is 16.7 Å². The van der Waals surface area contributed by atoms with E-state index in [4.69, 9.17) is 4.74 Å². The number of amides is 1. The molecule has 0 spiro atoms. The normalized spacial score (nSPS) is 19.1. The fourth-order valence-electron chi connectivity index (χ4n) is 3.13. The number of aryl methyl sites for hydroxylation is 1. The second-order valence-electron chi connectivity index (χ2n) is 6.19. The maximum Gasteiger partial charge on any atom is 0.226 e. The van der Waals surface area contributed by atoms with Crippen LogP contribution in [0.3, 0.4) is 0 Å². The number of hydrogen-bond acceptors (Lipinski definition) is 4. The van der Waals surface area contributed by atoms with Crippen molar-refractivity contribution in [2.75, 3.05) is 20.3 Å². The molecule has 0 radical (unpaired) electrons. The predicted octanol–water partition coefficient (Wildman–Crippen LogP) is 1.55. The third-order valence-corrected chi connectivity index (χ3v) is 4.50. The summed E-state index contributed by atoms with van der Waals surface area (Å²) >= 11 is 0. The summed E-state index contributed by atoms with van der Waals surface area (Å²) in [5.41, 5.74) is 2.05. The van der Waals surface area contributed by atoms with Crippen molar-refractivity contribution in [2.24, 2.45) is 13.0 Å². The topological polar surface area (TPSA) is 67.6 Å². The second kappa shape index (κ2) is 7.05. The molecule has 1 N–H and O–H groups in total. The number of ether oxygens (including phenoxy) is 1. The Morgan fingerprint density at radius 3 is 2.92 bits per heavy atom. The van der Waals surface area contributed by atoms with E-state index in [1.165, 1.54) is 0 Å². The summed E-state index contributed by atoms with van der Waals surface area (Å²) < 4.78 is 7.12. The van der Waals surface area contributed by atoms with Gasteiger partial charge >= 0.3 is 0 Å². The van der Waals surface area contributed by atoms with Crippen LogP contribution in [0.1, 0.15) is 23.5 Å². The number of aliphatic hydroxyl groups excluding tert-OH is 1. The zero-order chi connectivity index (χ0) is 17.1. The first-order chi connectivity index (χ1) is 11.6. The fourth-order valence-corrected chi connectivity index (χ4v) is 3.13. The van der Waals surface area contributed by atoms with E-state index in [1.807, 2.05) is 43.7 Å². The van der Waals surface area contributed by atoms with Crippen LogP contribution in [0.5, 0.6) is 5.75 Å². The van der Waals surface area contributed by atoms with Crippen LogP contribution in [0.4, 0.5) is 0 Å². The van der Waals surface area contributed by atoms with Gasteiger partial charge in [0.15, 0.2) is 0 Å². The Kier molecular flexibility index (Phi) is 4.85. The van der Waals surface area contributed by atoms with Gasteiger partial charge < -0.3 is 14.7 Å².